The van der Waals surface area contributed by atoms with E-state index in [9.17, 15) is 21.6 Å². The average Bonchev–Trinajstić information content (AvgIpc) is 2.86. The van der Waals surface area contributed by atoms with Crippen molar-refractivity contribution in [2.24, 2.45) is 0 Å². The molecule has 1 fully saturated rings. The second kappa shape index (κ2) is 5.76. The summed E-state index contributed by atoms with van der Waals surface area (Å²) >= 11 is 0. The van der Waals surface area contributed by atoms with E-state index in [1.54, 1.807) is 0 Å². The molecule has 24 heavy (non-hydrogen) atoms. The Bertz CT molecular complexity index is 840. The minimum absolute atomic E-state index is 0.0112. The molecule has 2 heterocycles. The number of anilines is 1. The van der Waals surface area contributed by atoms with Crippen LogP contribution in [0.3, 0.4) is 0 Å². The Kier molecular flexibility index (Phi) is 4.02. The van der Waals surface area contributed by atoms with Crippen molar-refractivity contribution in [1.29, 1.82) is 0 Å². The van der Waals surface area contributed by atoms with Gasteiger partial charge in [0, 0.05) is 24.6 Å². The molecule has 0 atom stereocenters. The standard InChI is InChI=1S/C14H15F3N4O2S/c1-24(22,23)10-5-6-12(18-8-10)21-13(19-9-3-2-4-9)7-11(20-21)14(15,16)17/h5-9,19H,2-4H2,1H3. The first-order chi connectivity index (χ1) is 11.1. The molecule has 0 spiro atoms. The number of nitrogens with one attached hydrogen (secondary N) is 1. The second-order valence-electron chi connectivity index (χ2n) is 5.72. The Morgan fingerprint density at radius 2 is 2.00 bits per heavy atom. The number of sulfone groups is 1. The molecule has 3 rings (SSSR count). The summed E-state index contributed by atoms with van der Waals surface area (Å²) in [6.07, 6.45) is 0.350. The van der Waals surface area contributed by atoms with Crippen molar-refractivity contribution in [3.05, 3.63) is 30.1 Å². The van der Waals surface area contributed by atoms with Gasteiger partial charge in [0.05, 0.1) is 4.90 Å². The van der Waals surface area contributed by atoms with Crippen molar-refractivity contribution < 1.29 is 21.6 Å². The highest BCUT2D eigenvalue weighted by Gasteiger charge is 2.35. The Morgan fingerprint density at radius 3 is 2.46 bits per heavy atom. The highest BCUT2D eigenvalue weighted by Crippen LogP contribution is 2.32. The SMILES string of the molecule is CS(=O)(=O)c1ccc(-n2nc(C(F)(F)F)cc2NC2CCC2)nc1. The van der Waals surface area contributed by atoms with E-state index >= 15 is 0 Å². The highest BCUT2D eigenvalue weighted by molar-refractivity contribution is 7.90. The van der Waals surface area contributed by atoms with Crippen LogP contribution >= 0.6 is 0 Å². The predicted molar refractivity (Wildman–Crippen MR) is 80.7 cm³/mol. The third-order valence-corrected chi connectivity index (χ3v) is 4.92. The van der Waals surface area contributed by atoms with Crippen LogP contribution in [0.15, 0.2) is 29.3 Å². The summed E-state index contributed by atoms with van der Waals surface area (Å²) in [6, 6.07) is 3.66. The third-order valence-electron chi connectivity index (χ3n) is 3.82. The molecule has 1 N–H and O–H groups in total. The second-order valence-corrected chi connectivity index (χ2v) is 7.74. The van der Waals surface area contributed by atoms with Crippen LogP contribution in [0.4, 0.5) is 19.0 Å². The molecule has 1 aliphatic rings. The lowest BCUT2D eigenvalue weighted by Gasteiger charge is -2.27. The van der Waals surface area contributed by atoms with E-state index in [0.29, 0.717) is 0 Å². The van der Waals surface area contributed by atoms with Gasteiger partial charge in [0.1, 0.15) is 5.82 Å². The quantitative estimate of drug-likeness (QED) is 0.907. The predicted octanol–water partition coefficient (Wildman–Crippen LogP) is 2.65. The van der Waals surface area contributed by atoms with Gasteiger partial charge in [-0.25, -0.2) is 13.4 Å². The maximum Gasteiger partial charge on any atom is 0.435 e. The van der Waals surface area contributed by atoms with Gasteiger partial charge in [0.2, 0.25) is 0 Å². The van der Waals surface area contributed by atoms with Crippen LogP contribution in [0, 0.1) is 0 Å². The zero-order valence-corrected chi connectivity index (χ0v) is 13.5. The lowest BCUT2D eigenvalue weighted by atomic mass is 9.93. The first kappa shape index (κ1) is 16.7. The molecule has 0 amide bonds. The summed E-state index contributed by atoms with van der Waals surface area (Å²) in [5, 5.41) is 6.60. The van der Waals surface area contributed by atoms with Gasteiger partial charge in [-0.1, -0.05) is 0 Å². The number of aromatic nitrogens is 3. The fourth-order valence-electron chi connectivity index (χ4n) is 2.28. The number of rotatable bonds is 4. The van der Waals surface area contributed by atoms with Gasteiger partial charge in [-0.05, 0) is 31.4 Å². The third kappa shape index (κ3) is 3.37. The normalized spacial score (nSPS) is 16.0. The van der Waals surface area contributed by atoms with Crippen LogP contribution in [-0.4, -0.2) is 35.5 Å². The van der Waals surface area contributed by atoms with Gasteiger partial charge in [-0.3, -0.25) is 0 Å². The maximum absolute atomic E-state index is 12.9. The van der Waals surface area contributed by atoms with Crippen molar-refractivity contribution in [1.82, 2.24) is 14.8 Å². The molecule has 0 bridgehead atoms. The Balaban J connectivity index is 1.99. The minimum atomic E-state index is -4.58. The zero-order valence-electron chi connectivity index (χ0n) is 12.7. The van der Waals surface area contributed by atoms with E-state index in [4.69, 9.17) is 0 Å². The summed E-state index contributed by atoms with van der Waals surface area (Å²) < 4.78 is 62.8. The van der Waals surface area contributed by atoms with Gasteiger partial charge in [-0.2, -0.15) is 23.0 Å². The summed E-state index contributed by atoms with van der Waals surface area (Å²) in [5.74, 6) is 0.298. The zero-order chi connectivity index (χ0) is 17.5. The highest BCUT2D eigenvalue weighted by atomic mass is 32.2. The summed E-state index contributed by atoms with van der Waals surface area (Å²) in [6.45, 7) is 0. The smallest absolute Gasteiger partial charge is 0.367 e. The van der Waals surface area contributed by atoms with Crippen LogP contribution in [-0.2, 0) is 16.0 Å². The fourth-order valence-corrected chi connectivity index (χ4v) is 2.84. The van der Waals surface area contributed by atoms with Crippen LogP contribution in [0.5, 0.6) is 0 Å². The van der Waals surface area contributed by atoms with Crippen LogP contribution < -0.4 is 5.32 Å². The molecular weight excluding hydrogens is 345 g/mol. The van der Waals surface area contributed by atoms with Gasteiger partial charge < -0.3 is 5.32 Å². The number of pyridine rings is 1. The minimum Gasteiger partial charge on any atom is -0.367 e. The van der Waals surface area contributed by atoms with E-state index in [2.05, 4.69) is 15.4 Å². The lowest BCUT2D eigenvalue weighted by molar-refractivity contribution is -0.141. The maximum atomic E-state index is 12.9. The molecule has 0 aliphatic heterocycles. The molecule has 1 aliphatic carbocycles. The molecule has 2 aromatic rings. The van der Waals surface area contributed by atoms with Crippen molar-refractivity contribution in [2.75, 3.05) is 11.6 Å². The van der Waals surface area contributed by atoms with E-state index in [0.717, 1.165) is 42.5 Å². The van der Waals surface area contributed by atoms with Crippen molar-refractivity contribution in [3.63, 3.8) is 0 Å². The van der Waals surface area contributed by atoms with Gasteiger partial charge in [0.15, 0.2) is 21.3 Å². The van der Waals surface area contributed by atoms with E-state index < -0.39 is 21.7 Å². The average molecular weight is 360 g/mol. The first-order valence-corrected chi connectivity index (χ1v) is 9.14. The summed E-state index contributed by atoms with van der Waals surface area (Å²) in [7, 11) is -3.43. The number of alkyl halides is 3. The van der Waals surface area contributed by atoms with Gasteiger partial charge >= 0.3 is 6.18 Å². The number of nitrogens with zero attached hydrogens (tertiary/aromatic N) is 3. The van der Waals surface area contributed by atoms with Crippen LogP contribution in [0.2, 0.25) is 0 Å². The Hall–Kier alpha value is -2.10. The van der Waals surface area contributed by atoms with Gasteiger partial charge in [0.25, 0.3) is 0 Å². The summed E-state index contributed by atoms with van der Waals surface area (Å²) in [5.41, 5.74) is -1.03. The van der Waals surface area contributed by atoms with Crippen molar-refractivity contribution in [3.8, 4) is 5.82 Å². The van der Waals surface area contributed by atoms with E-state index in [-0.39, 0.29) is 22.6 Å². The molecule has 2 aromatic heterocycles. The van der Waals surface area contributed by atoms with Crippen molar-refractivity contribution >= 4 is 15.7 Å². The molecular formula is C14H15F3N4O2S. The van der Waals surface area contributed by atoms with Gasteiger partial charge in [-0.15, -0.1) is 0 Å². The molecule has 0 saturated heterocycles. The summed E-state index contributed by atoms with van der Waals surface area (Å²) in [4.78, 5) is 3.93. The fraction of sp³-hybridized carbons (Fsp3) is 0.429. The molecule has 10 heteroatoms. The molecule has 130 valence electrons. The van der Waals surface area contributed by atoms with Crippen LogP contribution in [0.25, 0.3) is 5.82 Å². The van der Waals surface area contributed by atoms with Crippen LogP contribution in [0.1, 0.15) is 25.0 Å². The first-order valence-electron chi connectivity index (χ1n) is 7.25. The number of halogens is 3. The lowest BCUT2D eigenvalue weighted by Crippen LogP contribution is -2.28. The van der Waals surface area contributed by atoms with Crippen molar-refractivity contribution in [2.45, 2.75) is 36.4 Å². The molecule has 0 radical (unpaired) electrons. The molecule has 0 aromatic carbocycles. The molecule has 6 nitrogen and oxygen atoms in total. The van der Waals surface area contributed by atoms with E-state index in [1.807, 2.05) is 0 Å². The Labute approximate surface area is 136 Å². The topological polar surface area (TPSA) is 76.9 Å². The molecule has 0 unspecified atom stereocenters. The Morgan fingerprint density at radius 1 is 1.29 bits per heavy atom. The molecule has 1 saturated carbocycles. The monoisotopic (exact) mass is 360 g/mol. The number of hydrogen-bond donors (Lipinski definition) is 1. The largest absolute Gasteiger partial charge is 0.435 e. The van der Waals surface area contributed by atoms with E-state index in [1.165, 1.54) is 12.1 Å². The number of hydrogen-bond acceptors (Lipinski definition) is 5.